The van der Waals surface area contributed by atoms with Crippen molar-refractivity contribution in [2.75, 3.05) is 37.7 Å². The molecule has 3 aromatic rings. The highest BCUT2D eigenvalue weighted by Crippen LogP contribution is 2.32. The molecule has 1 saturated heterocycles. The number of nitrogens with zero attached hydrogens (tertiary/aromatic N) is 7. The van der Waals surface area contributed by atoms with Crippen LogP contribution in [0, 0.1) is 6.92 Å². The SMILES string of the molecule is CCCCO/C=C/c1c(C)c2cnc(/N=c3/ccc(N4CCN(C(=O)OC(C)(C)C)CC4)cn3O)nc2n(C2CCCC2)c1=O. The number of hydrogen-bond donors (Lipinski definition) is 1. The van der Waals surface area contributed by atoms with Crippen LogP contribution in [0.3, 0.4) is 0 Å². The lowest BCUT2D eigenvalue weighted by Gasteiger charge is -2.36. The molecule has 0 bridgehead atoms. The third-order valence-electron chi connectivity index (χ3n) is 8.28. The van der Waals surface area contributed by atoms with Crippen LogP contribution < -0.4 is 15.9 Å². The minimum atomic E-state index is -0.541. The van der Waals surface area contributed by atoms with E-state index in [1.807, 2.05) is 33.8 Å². The summed E-state index contributed by atoms with van der Waals surface area (Å²) in [5.74, 6) is 0.153. The van der Waals surface area contributed by atoms with E-state index in [1.165, 1.54) is 0 Å². The maximum absolute atomic E-state index is 13.8. The van der Waals surface area contributed by atoms with Gasteiger partial charge in [-0.3, -0.25) is 9.36 Å². The van der Waals surface area contributed by atoms with Crippen LogP contribution in [0.4, 0.5) is 16.4 Å². The van der Waals surface area contributed by atoms with Crippen LogP contribution in [0.5, 0.6) is 0 Å². The van der Waals surface area contributed by atoms with Gasteiger partial charge >= 0.3 is 6.09 Å². The molecule has 3 aromatic heterocycles. The van der Waals surface area contributed by atoms with Crippen molar-refractivity contribution in [1.82, 2.24) is 24.2 Å². The maximum atomic E-state index is 13.8. The third kappa shape index (κ3) is 7.49. The van der Waals surface area contributed by atoms with Gasteiger partial charge in [-0.2, -0.15) is 14.7 Å². The molecule has 1 amide bonds. The van der Waals surface area contributed by atoms with E-state index in [2.05, 4.69) is 21.8 Å². The minimum Gasteiger partial charge on any atom is -0.501 e. The van der Waals surface area contributed by atoms with E-state index in [0.717, 1.165) is 59.9 Å². The molecule has 1 N–H and O–H groups in total. The number of amides is 1. The van der Waals surface area contributed by atoms with Gasteiger partial charge in [-0.15, -0.1) is 0 Å². The monoisotopic (exact) mass is 619 g/mol. The summed E-state index contributed by atoms with van der Waals surface area (Å²) >= 11 is 0. The second kappa shape index (κ2) is 13.7. The van der Waals surface area contributed by atoms with Gasteiger partial charge in [0.15, 0.2) is 5.49 Å². The summed E-state index contributed by atoms with van der Waals surface area (Å²) < 4.78 is 13.9. The van der Waals surface area contributed by atoms with Crippen LogP contribution in [0.1, 0.15) is 83.4 Å². The van der Waals surface area contributed by atoms with Crippen LogP contribution in [0.25, 0.3) is 17.1 Å². The van der Waals surface area contributed by atoms with E-state index in [-0.39, 0.29) is 29.1 Å². The summed E-state index contributed by atoms with van der Waals surface area (Å²) in [5.41, 5.74) is 2.33. The molecule has 0 unspecified atom stereocenters. The first-order chi connectivity index (χ1) is 21.6. The normalized spacial score (nSPS) is 16.7. The van der Waals surface area contributed by atoms with Crippen LogP contribution >= 0.6 is 0 Å². The van der Waals surface area contributed by atoms with Crippen molar-refractivity contribution in [2.24, 2.45) is 4.99 Å². The van der Waals surface area contributed by atoms with Crippen molar-refractivity contribution in [1.29, 1.82) is 0 Å². The number of ether oxygens (including phenoxy) is 2. The predicted octanol–water partition coefficient (Wildman–Crippen LogP) is 5.33. The average molecular weight is 620 g/mol. The Morgan fingerprint density at radius 1 is 1.16 bits per heavy atom. The van der Waals surface area contributed by atoms with Crippen LogP contribution in [0.2, 0.25) is 0 Å². The van der Waals surface area contributed by atoms with Gasteiger partial charge in [0.1, 0.15) is 11.2 Å². The molecule has 1 aliphatic carbocycles. The largest absolute Gasteiger partial charge is 0.501 e. The number of hydrogen-bond acceptors (Lipinski definition) is 9. The summed E-state index contributed by atoms with van der Waals surface area (Å²) in [6.45, 7) is 12.4. The highest BCUT2D eigenvalue weighted by Gasteiger charge is 2.27. The lowest BCUT2D eigenvalue weighted by atomic mass is 10.1. The molecule has 2 aliphatic rings. The van der Waals surface area contributed by atoms with E-state index in [1.54, 1.807) is 40.3 Å². The first-order valence-electron chi connectivity index (χ1n) is 16.0. The fraction of sp³-hybridized carbons (Fsp3) is 0.545. The number of rotatable bonds is 8. The lowest BCUT2D eigenvalue weighted by Crippen LogP contribution is -2.50. The first kappa shape index (κ1) is 32.1. The number of fused-ring (bicyclic) bond motifs is 1. The van der Waals surface area contributed by atoms with Gasteiger partial charge in [0.2, 0.25) is 0 Å². The molecule has 0 radical (unpaired) electrons. The summed E-state index contributed by atoms with van der Waals surface area (Å²) in [7, 11) is 0. The number of pyridine rings is 2. The first-order valence-corrected chi connectivity index (χ1v) is 16.0. The van der Waals surface area contributed by atoms with Crippen LogP contribution in [0.15, 0.2) is 40.6 Å². The van der Waals surface area contributed by atoms with Gasteiger partial charge in [0.25, 0.3) is 11.5 Å². The van der Waals surface area contributed by atoms with E-state index < -0.39 is 5.60 Å². The topological polar surface area (TPSA) is 127 Å². The molecule has 12 heteroatoms. The Labute approximate surface area is 263 Å². The molecule has 2 fully saturated rings. The van der Waals surface area contributed by atoms with Crippen LogP contribution in [-0.2, 0) is 9.47 Å². The zero-order valence-electron chi connectivity index (χ0n) is 27.0. The summed E-state index contributed by atoms with van der Waals surface area (Å²) in [4.78, 5) is 43.8. The number of unbranched alkanes of at least 4 members (excludes halogenated alkanes) is 1. The van der Waals surface area contributed by atoms with Crippen molar-refractivity contribution in [2.45, 2.75) is 84.8 Å². The Kier molecular flexibility index (Phi) is 9.79. The molecule has 4 heterocycles. The molecule has 1 saturated carbocycles. The highest BCUT2D eigenvalue weighted by atomic mass is 16.6. The predicted molar refractivity (Wildman–Crippen MR) is 173 cm³/mol. The Balaban J connectivity index is 1.41. The Morgan fingerprint density at radius 2 is 1.89 bits per heavy atom. The molecule has 12 nitrogen and oxygen atoms in total. The van der Waals surface area contributed by atoms with Crippen molar-refractivity contribution in [3.63, 3.8) is 0 Å². The summed E-state index contributed by atoms with van der Waals surface area (Å²) in [6.07, 6.45) is 12.3. The average Bonchev–Trinajstić information content (AvgIpc) is 3.53. The molecule has 0 atom stereocenters. The lowest BCUT2D eigenvalue weighted by molar-refractivity contribution is 0.0240. The maximum Gasteiger partial charge on any atom is 0.410 e. The van der Waals surface area contributed by atoms with Gasteiger partial charge in [0, 0.05) is 49.4 Å². The van der Waals surface area contributed by atoms with Crippen molar-refractivity contribution >= 4 is 34.8 Å². The fourth-order valence-electron chi connectivity index (χ4n) is 5.83. The van der Waals surface area contributed by atoms with E-state index in [0.29, 0.717) is 44.0 Å². The molecular formula is C33H45N7O5. The van der Waals surface area contributed by atoms with Crippen molar-refractivity contribution < 1.29 is 19.5 Å². The number of aromatic nitrogens is 4. The Bertz CT molecular complexity index is 1670. The second-order valence-electron chi connectivity index (χ2n) is 12.7. The van der Waals surface area contributed by atoms with Gasteiger partial charge < -0.3 is 24.5 Å². The number of aryl methyl sites for hydroxylation is 1. The molecule has 242 valence electrons. The van der Waals surface area contributed by atoms with Crippen molar-refractivity contribution in [3.8, 4) is 0 Å². The van der Waals surface area contributed by atoms with Gasteiger partial charge in [-0.1, -0.05) is 26.2 Å². The molecule has 0 spiro atoms. The number of piperazine rings is 1. The molecule has 1 aliphatic heterocycles. The van der Waals surface area contributed by atoms with Crippen LogP contribution in [-0.4, -0.2) is 73.9 Å². The zero-order chi connectivity index (χ0) is 32.1. The van der Waals surface area contributed by atoms with E-state index in [4.69, 9.17) is 14.5 Å². The van der Waals surface area contributed by atoms with Gasteiger partial charge in [-0.05, 0) is 70.7 Å². The molecule has 5 rings (SSSR count). The smallest absolute Gasteiger partial charge is 0.410 e. The second-order valence-corrected chi connectivity index (χ2v) is 12.7. The Hall–Kier alpha value is -4.35. The van der Waals surface area contributed by atoms with Crippen molar-refractivity contribution in [3.05, 3.63) is 57.8 Å². The third-order valence-corrected chi connectivity index (χ3v) is 8.28. The quantitative estimate of drug-likeness (QED) is 0.204. The number of anilines is 1. The van der Waals surface area contributed by atoms with Gasteiger partial charge in [-0.25, -0.2) is 9.78 Å². The Morgan fingerprint density at radius 3 is 2.56 bits per heavy atom. The highest BCUT2D eigenvalue weighted by molar-refractivity contribution is 5.82. The standard InChI is InChI=1S/C33H45N7O5/c1-6-7-19-44-20-14-26-23(2)27-21-34-31(36-29(27)40(30(26)41)24-10-8-9-11-24)35-28-13-12-25(22-39(28)43)37-15-17-38(18-16-37)32(42)45-33(3,4)5/h12-14,20-22,24,43H,6-11,15-19H2,1-5H3/b20-14+,35-28-. The molecule has 45 heavy (non-hydrogen) atoms. The minimum absolute atomic E-state index is 0.0503. The molecule has 0 aromatic carbocycles. The van der Waals surface area contributed by atoms with Gasteiger partial charge in [0.05, 0.1) is 24.8 Å². The summed E-state index contributed by atoms with van der Waals surface area (Å²) in [5, 5.41) is 11.6. The number of carbonyl (C=O) groups is 1. The van der Waals surface area contributed by atoms with E-state index >= 15 is 0 Å². The zero-order valence-corrected chi connectivity index (χ0v) is 27.0. The fourth-order valence-corrected chi connectivity index (χ4v) is 5.83. The molecular weight excluding hydrogens is 574 g/mol. The summed E-state index contributed by atoms with van der Waals surface area (Å²) in [6, 6.07) is 3.62. The number of carbonyl (C=O) groups excluding carboxylic acids is 1. The van der Waals surface area contributed by atoms with E-state index in [9.17, 15) is 14.8 Å².